The molecule has 1 saturated heterocycles. The molecule has 0 amide bonds. The number of anilines is 1. The lowest BCUT2D eigenvalue weighted by atomic mass is 10.0. The van der Waals surface area contributed by atoms with E-state index in [0.717, 1.165) is 43.8 Å². The monoisotopic (exact) mass is 336 g/mol. The van der Waals surface area contributed by atoms with Crippen LogP contribution in [-0.4, -0.2) is 31.1 Å². The molecule has 106 valence electrons. The van der Waals surface area contributed by atoms with Crippen molar-refractivity contribution in [2.45, 2.75) is 25.1 Å². The summed E-state index contributed by atoms with van der Waals surface area (Å²) < 4.78 is 38.1. The van der Waals surface area contributed by atoms with E-state index in [1.807, 2.05) is 0 Å². The zero-order valence-corrected chi connectivity index (χ0v) is 12.2. The average molecular weight is 337 g/mol. The summed E-state index contributed by atoms with van der Waals surface area (Å²) in [4.78, 5) is 2.25. The second-order valence-corrected chi connectivity index (χ2v) is 5.77. The molecule has 0 radical (unpaired) electrons. The Labute approximate surface area is 119 Å². The highest BCUT2D eigenvalue weighted by Gasteiger charge is 2.31. The van der Waals surface area contributed by atoms with Crippen molar-refractivity contribution in [3.8, 4) is 0 Å². The molecule has 19 heavy (non-hydrogen) atoms. The highest BCUT2D eigenvalue weighted by molar-refractivity contribution is 9.10. The van der Waals surface area contributed by atoms with Gasteiger partial charge in [0.1, 0.15) is 0 Å². The third-order valence-electron chi connectivity index (χ3n) is 3.37. The molecule has 1 N–H and O–H groups in total. The van der Waals surface area contributed by atoms with Gasteiger partial charge in [-0.2, -0.15) is 13.2 Å². The van der Waals surface area contributed by atoms with Crippen LogP contribution in [0.2, 0.25) is 0 Å². The zero-order chi connectivity index (χ0) is 14.0. The zero-order valence-electron chi connectivity index (χ0n) is 10.6. The van der Waals surface area contributed by atoms with Crippen molar-refractivity contribution >= 4 is 21.6 Å². The van der Waals surface area contributed by atoms with E-state index >= 15 is 0 Å². The van der Waals surface area contributed by atoms with Gasteiger partial charge in [-0.1, -0.05) is 0 Å². The lowest BCUT2D eigenvalue weighted by molar-refractivity contribution is -0.137. The topological polar surface area (TPSA) is 15.3 Å². The highest BCUT2D eigenvalue weighted by atomic mass is 79.9. The Morgan fingerprint density at radius 1 is 1.26 bits per heavy atom. The minimum absolute atomic E-state index is 0.323. The van der Waals surface area contributed by atoms with E-state index in [1.165, 1.54) is 6.07 Å². The molecule has 1 aromatic rings. The second kappa shape index (κ2) is 5.71. The first kappa shape index (κ1) is 14.7. The molecule has 1 heterocycles. The molecule has 1 aliphatic rings. The van der Waals surface area contributed by atoms with Gasteiger partial charge in [0.25, 0.3) is 0 Å². The van der Waals surface area contributed by atoms with E-state index in [9.17, 15) is 13.2 Å². The standard InChI is InChI=1S/C13H16BrF3N2/c1-19-6-4-10(5-7-19)18-12-3-2-9(8-11(12)14)13(15,16)17/h2-3,8,10,18H,4-7H2,1H3. The SMILES string of the molecule is CN1CCC(Nc2ccc(C(F)(F)F)cc2Br)CC1. The summed E-state index contributed by atoms with van der Waals surface area (Å²) >= 11 is 3.21. The van der Waals surface area contributed by atoms with Crippen LogP contribution in [-0.2, 0) is 6.18 Å². The van der Waals surface area contributed by atoms with Crippen LogP contribution in [0.1, 0.15) is 18.4 Å². The van der Waals surface area contributed by atoms with Crippen LogP contribution < -0.4 is 5.32 Å². The lowest BCUT2D eigenvalue weighted by Crippen LogP contribution is -2.36. The van der Waals surface area contributed by atoms with Crippen molar-refractivity contribution in [1.29, 1.82) is 0 Å². The molecular formula is C13H16BrF3N2. The van der Waals surface area contributed by atoms with Crippen molar-refractivity contribution < 1.29 is 13.2 Å². The van der Waals surface area contributed by atoms with Crippen molar-refractivity contribution in [1.82, 2.24) is 4.90 Å². The molecule has 2 nitrogen and oxygen atoms in total. The van der Waals surface area contributed by atoms with Gasteiger partial charge >= 0.3 is 6.18 Å². The molecular weight excluding hydrogens is 321 g/mol. The predicted octanol–water partition coefficient (Wildman–Crippen LogP) is 3.97. The number of likely N-dealkylation sites (tertiary alicyclic amines) is 1. The van der Waals surface area contributed by atoms with Crippen LogP contribution in [0, 0.1) is 0 Å². The number of alkyl halides is 3. The van der Waals surface area contributed by atoms with Gasteiger partial charge in [-0.25, -0.2) is 0 Å². The van der Waals surface area contributed by atoms with Crippen molar-refractivity contribution in [2.24, 2.45) is 0 Å². The molecule has 6 heteroatoms. The fraction of sp³-hybridized carbons (Fsp3) is 0.538. The van der Waals surface area contributed by atoms with Gasteiger partial charge in [0, 0.05) is 16.2 Å². The Bertz CT molecular complexity index is 440. The molecule has 0 unspecified atom stereocenters. The number of nitrogens with zero attached hydrogens (tertiary/aromatic N) is 1. The Hall–Kier alpha value is -0.750. The number of hydrogen-bond donors (Lipinski definition) is 1. The summed E-state index contributed by atoms with van der Waals surface area (Å²) in [5.74, 6) is 0. The third kappa shape index (κ3) is 3.86. The van der Waals surface area contributed by atoms with Crippen LogP contribution in [0.25, 0.3) is 0 Å². The fourth-order valence-electron chi connectivity index (χ4n) is 2.18. The third-order valence-corrected chi connectivity index (χ3v) is 4.03. The van der Waals surface area contributed by atoms with Gasteiger partial charge in [0.15, 0.2) is 0 Å². The van der Waals surface area contributed by atoms with Crippen LogP contribution in [0.3, 0.4) is 0 Å². The maximum absolute atomic E-state index is 12.6. The summed E-state index contributed by atoms with van der Waals surface area (Å²) in [5.41, 5.74) is 0.0934. The Morgan fingerprint density at radius 2 is 1.89 bits per heavy atom. The van der Waals surface area contributed by atoms with Gasteiger partial charge in [-0.15, -0.1) is 0 Å². The largest absolute Gasteiger partial charge is 0.416 e. The highest BCUT2D eigenvalue weighted by Crippen LogP contribution is 2.34. The number of nitrogens with one attached hydrogen (secondary N) is 1. The summed E-state index contributed by atoms with van der Waals surface area (Å²) in [6.45, 7) is 2.02. The van der Waals surface area contributed by atoms with Gasteiger partial charge in [-0.3, -0.25) is 0 Å². The molecule has 2 rings (SSSR count). The van der Waals surface area contributed by atoms with E-state index < -0.39 is 11.7 Å². The van der Waals surface area contributed by atoms with Gasteiger partial charge in [-0.05, 0) is 67.1 Å². The van der Waals surface area contributed by atoms with E-state index in [0.29, 0.717) is 10.5 Å². The number of hydrogen-bond acceptors (Lipinski definition) is 2. The smallest absolute Gasteiger partial charge is 0.381 e. The minimum atomic E-state index is -4.30. The number of rotatable bonds is 2. The first-order chi connectivity index (χ1) is 8.86. The number of halogens is 4. The Balaban J connectivity index is 2.05. The molecule has 0 aliphatic carbocycles. The van der Waals surface area contributed by atoms with Crippen molar-refractivity contribution in [3.05, 3.63) is 28.2 Å². The molecule has 1 aromatic carbocycles. The molecule has 1 fully saturated rings. The summed E-state index contributed by atoms with van der Waals surface area (Å²) in [6.07, 6.45) is -2.29. The number of benzene rings is 1. The van der Waals surface area contributed by atoms with E-state index in [-0.39, 0.29) is 0 Å². The van der Waals surface area contributed by atoms with Gasteiger partial charge in [0.2, 0.25) is 0 Å². The summed E-state index contributed by atoms with van der Waals surface area (Å²) in [7, 11) is 2.07. The molecule has 0 aromatic heterocycles. The first-order valence-electron chi connectivity index (χ1n) is 6.18. The summed E-state index contributed by atoms with van der Waals surface area (Å²) in [5, 5.41) is 3.31. The maximum atomic E-state index is 12.6. The predicted molar refractivity (Wildman–Crippen MR) is 73.3 cm³/mol. The molecule has 1 aliphatic heterocycles. The first-order valence-corrected chi connectivity index (χ1v) is 6.97. The summed E-state index contributed by atoms with van der Waals surface area (Å²) in [6, 6.07) is 4.05. The van der Waals surface area contributed by atoms with Crippen LogP contribution in [0.5, 0.6) is 0 Å². The van der Waals surface area contributed by atoms with Crippen molar-refractivity contribution in [2.75, 3.05) is 25.5 Å². The molecule has 0 spiro atoms. The molecule has 0 saturated carbocycles. The van der Waals surface area contributed by atoms with Crippen LogP contribution in [0.4, 0.5) is 18.9 Å². The normalized spacial score (nSPS) is 18.6. The van der Waals surface area contributed by atoms with E-state index in [1.54, 1.807) is 0 Å². The number of piperidine rings is 1. The quantitative estimate of drug-likeness (QED) is 0.878. The van der Waals surface area contributed by atoms with Crippen LogP contribution >= 0.6 is 15.9 Å². The Kier molecular flexibility index (Phi) is 4.40. The lowest BCUT2D eigenvalue weighted by Gasteiger charge is -2.30. The van der Waals surface area contributed by atoms with Gasteiger partial charge in [0.05, 0.1) is 5.56 Å². The van der Waals surface area contributed by atoms with Crippen molar-refractivity contribution in [3.63, 3.8) is 0 Å². The average Bonchev–Trinajstić information content (AvgIpc) is 2.33. The van der Waals surface area contributed by atoms with Crippen LogP contribution in [0.15, 0.2) is 22.7 Å². The maximum Gasteiger partial charge on any atom is 0.416 e. The molecule has 0 bridgehead atoms. The molecule has 0 atom stereocenters. The van der Waals surface area contributed by atoms with E-state index in [4.69, 9.17) is 0 Å². The fourth-order valence-corrected chi connectivity index (χ4v) is 2.67. The van der Waals surface area contributed by atoms with E-state index in [2.05, 4.69) is 33.2 Å². The second-order valence-electron chi connectivity index (χ2n) is 4.91. The van der Waals surface area contributed by atoms with Gasteiger partial charge < -0.3 is 10.2 Å². The Morgan fingerprint density at radius 3 is 2.42 bits per heavy atom. The minimum Gasteiger partial charge on any atom is -0.381 e.